The summed E-state index contributed by atoms with van der Waals surface area (Å²) in [6, 6.07) is 1.94. The third kappa shape index (κ3) is 2.43. The van der Waals surface area contributed by atoms with Crippen LogP contribution in [0.1, 0.15) is 5.69 Å². The highest BCUT2D eigenvalue weighted by molar-refractivity contribution is 5.39. The first-order valence-corrected chi connectivity index (χ1v) is 5.05. The van der Waals surface area contributed by atoms with Crippen molar-refractivity contribution in [2.75, 3.05) is 31.2 Å². The lowest BCUT2D eigenvalue weighted by molar-refractivity contribution is 0.00335. The molecule has 15 heavy (non-hydrogen) atoms. The molecular weight excluding hydrogens is 194 g/mol. The van der Waals surface area contributed by atoms with E-state index in [9.17, 15) is 0 Å². The van der Waals surface area contributed by atoms with Crippen LogP contribution in [0.4, 0.5) is 5.82 Å². The Bertz CT molecular complexity index is 332. The summed E-state index contributed by atoms with van der Waals surface area (Å²) in [6.45, 7) is 4.13. The van der Waals surface area contributed by atoms with Gasteiger partial charge in [0.25, 0.3) is 0 Å². The average molecular weight is 209 g/mol. The Morgan fingerprint density at radius 1 is 1.60 bits per heavy atom. The van der Waals surface area contributed by atoms with Gasteiger partial charge in [-0.3, -0.25) is 0 Å². The minimum Gasteiger partial charge on any atom is -0.394 e. The first-order chi connectivity index (χ1) is 7.29. The molecular formula is C10H15N3O2. The van der Waals surface area contributed by atoms with Crippen LogP contribution in [0, 0.1) is 6.92 Å². The second-order valence-corrected chi connectivity index (χ2v) is 3.64. The van der Waals surface area contributed by atoms with Crippen molar-refractivity contribution in [2.24, 2.45) is 0 Å². The molecule has 1 atom stereocenters. The van der Waals surface area contributed by atoms with Crippen LogP contribution in [0.15, 0.2) is 12.4 Å². The van der Waals surface area contributed by atoms with Crippen molar-refractivity contribution in [3.8, 4) is 0 Å². The number of morpholine rings is 1. The summed E-state index contributed by atoms with van der Waals surface area (Å²) in [5.41, 5.74) is 0.951. The van der Waals surface area contributed by atoms with Crippen molar-refractivity contribution in [3.63, 3.8) is 0 Å². The van der Waals surface area contributed by atoms with Crippen LogP contribution >= 0.6 is 0 Å². The molecule has 0 saturated carbocycles. The molecule has 0 aromatic carbocycles. The number of aliphatic hydroxyl groups is 1. The van der Waals surface area contributed by atoms with Crippen LogP contribution in [-0.2, 0) is 4.74 Å². The summed E-state index contributed by atoms with van der Waals surface area (Å²) in [4.78, 5) is 10.4. The molecule has 1 aromatic heterocycles. The van der Waals surface area contributed by atoms with E-state index in [1.165, 1.54) is 0 Å². The van der Waals surface area contributed by atoms with Crippen molar-refractivity contribution in [3.05, 3.63) is 18.1 Å². The Labute approximate surface area is 88.7 Å². The lowest BCUT2D eigenvalue weighted by Crippen LogP contribution is -2.44. The van der Waals surface area contributed by atoms with E-state index in [1.54, 1.807) is 6.33 Å². The smallest absolute Gasteiger partial charge is 0.132 e. The molecule has 0 amide bonds. The number of rotatable bonds is 2. The van der Waals surface area contributed by atoms with Crippen molar-refractivity contribution in [1.29, 1.82) is 0 Å². The number of ether oxygens (including phenoxy) is 1. The molecule has 1 fully saturated rings. The van der Waals surface area contributed by atoms with Crippen molar-refractivity contribution < 1.29 is 9.84 Å². The van der Waals surface area contributed by atoms with Gasteiger partial charge in [0.15, 0.2) is 0 Å². The highest BCUT2D eigenvalue weighted by Crippen LogP contribution is 2.14. The van der Waals surface area contributed by atoms with Gasteiger partial charge in [-0.25, -0.2) is 9.97 Å². The molecule has 1 N–H and O–H groups in total. The fourth-order valence-corrected chi connectivity index (χ4v) is 1.65. The summed E-state index contributed by atoms with van der Waals surface area (Å²) >= 11 is 0. The van der Waals surface area contributed by atoms with Gasteiger partial charge in [-0.05, 0) is 6.92 Å². The van der Waals surface area contributed by atoms with Crippen LogP contribution in [0.2, 0.25) is 0 Å². The van der Waals surface area contributed by atoms with Gasteiger partial charge >= 0.3 is 0 Å². The molecule has 5 heteroatoms. The van der Waals surface area contributed by atoms with Crippen LogP contribution < -0.4 is 4.90 Å². The van der Waals surface area contributed by atoms with Gasteiger partial charge in [0, 0.05) is 24.8 Å². The third-order valence-electron chi connectivity index (χ3n) is 2.46. The minimum atomic E-state index is -0.103. The lowest BCUT2D eigenvalue weighted by Gasteiger charge is -2.32. The number of nitrogens with zero attached hydrogens (tertiary/aromatic N) is 3. The molecule has 1 unspecified atom stereocenters. The van der Waals surface area contributed by atoms with Crippen LogP contribution in [0.25, 0.3) is 0 Å². The highest BCUT2D eigenvalue weighted by Gasteiger charge is 2.20. The molecule has 0 spiro atoms. The number of hydrogen-bond donors (Lipinski definition) is 1. The molecule has 0 aliphatic carbocycles. The maximum absolute atomic E-state index is 9.03. The number of aromatic nitrogens is 2. The van der Waals surface area contributed by atoms with Gasteiger partial charge < -0.3 is 14.7 Å². The Morgan fingerprint density at radius 2 is 2.47 bits per heavy atom. The lowest BCUT2D eigenvalue weighted by atomic mass is 10.3. The zero-order valence-electron chi connectivity index (χ0n) is 8.76. The number of anilines is 1. The standard InChI is InChI=1S/C10H15N3O2/c1-8-4-10(12-7-11-8)13-2-3-15-9(5-13)6-14/h4,7,9,14H,2-3,5-6H2,1H3. The predicted octanol–water partition coefficient (Wildman–Crippen LogP) is -0.0175. The van der Waals surface area contributed by atoms with E-state index in [-0.39, 0.29) is 12.7 Å². The molecule has 1 aliphatic rings. The molecule has 2 rings (SSSR count). The van der Waals surface area contributed by atoms with E-state index >= 15 is 0 Å². The fourth-order valence-electron chi connectivity index (χ4n) is 1.65. The second-order valence-electron chi connectivity index (χ2n) is 3.64. The molecule has 1 aromatic rings. The van der Waals surface area contributed by atoms with Gasteiger partial charge in [-0.15, -0.1) is 0 Å². The summed E-state index contributed by atoms with van der Waals surface area (Å²) in [6.07, 6.45) is 1.46. The second kappa shape index (κ2) is 4.55. The molecule has 1 saturated heterocycles. The van der Waals surface area contributed by atoms with Gasteiger partial charge in [0.2, 0.25) is 0 Å². The number of aliphatic hydroxyl groups excluding tert-OH is 1. The Kier molecular flexibility index (Phi) is 3.13. The zero-order chi connectivity index (χ0) is 10.7. The van der Waals surface area contributed by atoms with Crippen LogP contribution in [-0.4, -0.2) is 47.5 Å². The Morgan fingerprint density at radius 3 is 3.20 bits per heavy atom. The van der Waals surface area contributed by atoms with Crippen molar-refractivity contribution in [2.45, 2.75) is 13.0 Å². The van der Waals surface area contributed by atoms with E-state index in [4.69, 9.17) is 9.84 Å². The zero-order valence-corrected chi connectivity index (χ0v) is 8.76. The van der Waals surface area contributed by atoms with Crippen LogP contribution in [0.3, 0.4) is 0 Å². The molecule has 1 aliphatic heterocycles. The largest absolute Gasteiger partial charge is 0.394 e. The molecule has 5 nitrogen and oxygen atoms in total. The topological polar surface area (TPSA) is 58.5 Å². The van der Waals surface area contributed by atoms with Crippen molar-refractivity contribution >= 4 is 5.82 Å². The normalized spacial score (nSPS) is 21.7. The van der Waals surface area contributed by atoms with E-state index in [0.29, 0.717) is 13.2 Å². The third-order valence-corrected chi connectivity index (χ3v) is 2.46. The Balaban J connectivity index is 2.09. The van der Waals surface area contributed by atoms with E-state index in [0.717, 1.165) is 18.1 Å². The SMILES string of the molecule is Cc1cc(N2CCOC(CO)C2)ncn1. The summed E-state index contributed by atoms with van der Waals surface area (Å²) < 4.78 is 5.37. The molecule has 2 heterocycles. The van der Waals surface area contributed by atoms with Crippen molar-refractivity contribution in [1.82, 2.24) is 9.97 Å². The molecule has 0 radical (unpaired) electrons. The number of aryl methyl sites for hydroxylation is 1. The van der Waals surface area contributed by atoms with Gasteiger partial charge in [-0.2, -0.15) is 0 Å². The fraction of sp³-hybridized carbons (Fsp3) is 0.600. The first-order valence-electron chi connectivity index (χ1n) is 5.05. The monoisotopic (exact) mass is 209 g/mol. The average Bonchev–Trinajstić information content (AvgIpc) is 2.29. The quantitative estimate of drug-likeness (QED) is 0.742. The van der Waals surface area contributed by atoms with Gasteiger partial charge in [0.05, 0.1) is 19.3 Å². The first kappa shape index (κ1) is 10.3. The van der Waals surface area contributed by atoms with E-state index < -0.39 is 0 Å². The summed E-state index contributed by atoms with van der Waals surface area (Å²) in [7, 11) is 0. The maximum atomic E-state index is 9.03. The predicted molar refractivity (Wildman–Crippen MR) is 55.8 cm³/mol. The summed E-state index contributed by atoms with van der Waals surface area (Å²) in [5, 5.41) is 9.03. The molecule has 0 bridgehead atoms. The Hall–Kier alpha value is -1.20. The van der Waals surface area contributed by atoms with E-state index in [1.807, 2.05) is 13.0 Å². The highest BCUT2D eigenvalue weighted by atomic mass is 16.5. The number of hydrogen-bond acceptors (Lipinski definition) is 5. The van der Waals surface area contributed by atoms with E-state index in [2.05, 4.69) is 14.9 Å². The molecule has 82 valence electrons. The van der Waals surface area contributed by atoms with Gasteiger partial charge in [0.1, 0.15) is 12.1 Å². The van der Waals surface area contributed by atoms with Crippen LogP contribution in [0.5, 0.6) is 0 Å². The maximum Gasteiger partial charge on any atom is 0.132 e. The van der Waals surface area contributed by atoms with Gasteiger partial charge in [-0.1, -0.05) is 0 Å². The minimum absolute atomic E-state index is 0.0561. The summed E-state index contributed by atoms with van der Waals surface area (Å²) in [5.74, 6) is 0.907.